The van der Waals surface area contributed by atoms with Gasteiger partial charge in [0, 0.05) is 57.1 Å². The Morgan fingerprint density at radius 1 is 0.865 bits per heavy atom. The highest BCUT2D eigenvalue weighted by Crippen LogP contribution is 2.23. The van der Waals surface area contributed by atoms with Crippen molar-refractivity contribution in [2.75, 3.05) is 49.5 Å². The normalized spacial score (nSPS) is 24.0. The molecule has 5 rings (SSSR count). The van der Waals surface area contributed by atoms with E-state index in [4.69, 9.17) is 4.98 Å². The number of nitrogens with one attached hydrogen (secondary N) is 1. The summed E-state index contributed by atoms with van der Waals surface area (Å²) in [5.41, 5.74) is 1.06. The molecule has 1 N–H and O–H groups in total. The zero-order valence-corrected chi connectivity index (χ0v) is 22.1. The van der Waals surface area contributed by atoms with Gasteiger partial charge in [-0.1, -0.05) is 49.6 Å². The maximum atomic E-state index is 12.9. The minimum absolute atomic E-state index is 0.122. The third-order valence-electron chi connectivity index (χ3n) is 8.05. The molecule has 3 saturated heterocycles. The molecule has 7 nitrogen and oxygen atoms in total. The van der Waals surface area contributed by atoms with Crippen molar-refractivity contribution in [3.8, 4) is 0 Å². The first-order valence-corrected chi connectivity index (χ1v) is 14.4. The third kappa shape index (κ3) is 7.31. The summed E-state index contributed by atoms with van der Waals surface area (Å²) in [6.07, 6.45) is 16.4. The van der Waals surface area contributed by atoms with E-state index in [9.17, 15) is 4.79 Å². The highest BCUT2D eigenvalue weighted by molar-refractivity contribution is 5.91. The molecule has 3 aliphatic heterocycles. The fourth-order valence-electron chi connectivity index (χ4n) is 5.99. The van der Waals surface area contributed by atoms with Crippen LogP contribution in [0.15, 0.2) is 48.7 Å². The standard InChI is InChI=1S/C30H42N6O/c37-29(16-15-25-11-4-3-5-12-25)36-22-10-14-27(24-36)35-21-9-6-13-26(23-35)32-30-31-18-17-28(33-30)34-19-7-1-2-8-20-34/h3-5,11-12,15-18,26-27H,1-2,6-10,13-14,19-24H2,(H,31,32,33)/b16-15+. The molecule has 3 fully saturated rings. The minimum atomic E-state index is 0.122. The van der Waals surface area contributed by atoms with Crippen LogP contribution in [0, 0.1) is 0 Å². The van der Waals surface area contributed by atoms with Gasteiger partial charge in [-0.3, -0.25) is 9.69 Å². The highest BCUT2D eigenvalue weighted by atomic mass is 16.2. The average molecular weight is 503 g/mol. The number of anilines is 2. The van der Waals surface area contributed by atoms with Crippen LogP contribution in [0.3, 0.4) is 0 Å². The monoisotopic (exact) mass is 502 g/mol. The summed E-state index contributed by atoms with van der Waals surface area (Å²) in [7, 11) is 0. The second kappa shape index (κ2) is 13.0. The lowest BCUT2D eigenvalue weighted by Gasteiger charge is -2.39. The van der Waals surface area contributed by atoms with Gasteiger partial charge in [-0.2, -0.15) is 4.98 Å². The maximum Gasteiger partial charge on any atom is 0.246 e. The number of likely N-dealkylation sites (tertiary alicyclic amines) is 2. The second-order valence-electron chi connectivity index (χ2n) is 10.8. The maximum absolute atomic E-state index is 12.9. The Bertz CT molecular complexity index is 1020. The molecule has 2 unspecified atom stereocenters. The number of aromatic nitrogens is 2. The zero-order valence-electron chi connectivity index (χ0n) is 22.1. The van der Waals surface area contributed by atoms with Crippen LogP contribution in [0.2, 0.25) is 0 Å². The Balaban J connectivity index is 1.18. The molecule has 2 atom stereocenters. The molecule has 198 valence electrons. The number of carbonyl (C=O) groups is 1. The molecular weight excluding hydrogens is 460 g/mol. The highest BCUT2D eigenvalue weighted by Gasteiger charge is 2.30. The summed E-state index contributed by atoms with van der Waals surface area (Å²) in [5.74, 6) is 1.92. The molecule has 0 saturated carbocycles. The van der Waals surface area contributed by atoms with Crippen molar-refractivity contribution < 1.29 is 4.79 Å². The molecule has 1 amide bonds. The van der Waals surface area contributed by atoms with Crippen LogP contribution < -0.4 is 10.2 Å². The summed E-state index contributed by atoms with van der Waals surface area (Å²) < 4.78 is 0. The zero-order chi connectivity index (χ0) is 25.3. The summed E-state index contributed by atoms with van der Waals surface area (Å²) in [4.78, 5) is 29.5. The van der Waals surface area contributed by atoms with Gasteiger partial charge in [0.2, 0.25) is 11.9 Å². The first-order chi connectivity index (χ1) is 18.2. The molecule has 0 bridgehead atoms. The van der Waals surface area contributed by atoms with Crippen molar-refractivity contribution in [1.82, 2.24) is 19.8 Å². The first kappa shape index (κ1) is 25.7. The van der Waals surface area contributed by atoms with Crippen molar-refractivity contribution in [2.24, 2.45) is 0 Å². The van der Waals surface area contributed by atoms with Crippen LogP contribution in [-0.4, -0.2) is 77.0 Å². The van der Waals surface area contributed by atoms with Crippen LogP contribution in [-0.2, 0) is 4.79 Å². The van der Waals surface area contributed by atoms with E-state index in [-0.39, 0.29) is 5.91 Å². The molecular formula is C30H42N6O. The van der Waals surface area contributed by atoms with Crippen LogP contribution >= 0.6 is 0 Å². The van der Waals surface area contributed by atoms with Crippen LogP contribution in [0.5, 0.6) is 0 Å². The molecule has 3 aliphatic rings. The number of rotatable bonds is 6. The van der Waals surface area contributed by atoms with E-state index >= 15 is 0 Å². The lowest BCUT2D eigenvalue weighted by molar-refractivity contribution is -0.128. The molecule has 4 heterocycles. The molecule has 37 heavy (non-hydrogen) atoms. The van der Waals surface area contributed by atoms with Gasteiger partial charge in [-0.15, -0.1) is 0 Å². The van der Waals surface area contributed by atoms with Gasteiger partial charge < -0.3 is 15.1 Å². The molecule has 7 heteroatoms. The molecule has 0 radical (unpaired) electrons. The fourth-order valence-corrected chi connectivity index (χ4v) is 5.99. The number of nitrogens with zero attached hydrogens (tertiary/aromatic N) is 5. The largest absolute Gasteiger partial charge is 0.356 e. The summed E-state index contributed by atoms with van der Waals surface area (Å²) in [6, 6.07) is 12.8. The van der Waals surface area contributed by atoms with Crippen LogP contribution in [0.4, 0.5) is 11.8 Å². The first-order valence-electron chi connectivity index (χ1n) is 14.4. The summed E-state index contributed by atoms with van der Waals surface area (Å²) in [6.45, 7) is 5.91. The quantitative estimate of drug-likeness (QED) is 0.571. The molecule has 0 spiro atoms. The molecule has 1 aromatic carbocycles. The number of hydrogen-bond acceptors (Lipinski definition) is 6. The lowest BCUT2D eigenvalue weighted by Crippen LogP contribution is -2.51. The number of benzene rings is 1. The Hall–Kier alpha value is -2.93. The van der Waals surface area contributed by atoms with Gasteiger partial charge in [-0.05, 0) is 62.8 Å². The Morgan fingerprint density at radius 3 is 2.51 bits per heavy atom. The molecule has 2 aromatic rings. The van der Waals surface area contributed by atoms with Gasteiger partial charge in [0.1, 0.15) is 5.82 Å². The Morgan fingerprint density at radius 2 is 1.68 bits per heavy atom. The second-order valence-corrected chi connectivity index (χ2v) is 10.8. The lowest BCUT2D eigenvalue weighted by atomic mass is 10.0. The smallest absolute Gasteiger partial charge is 0.246 e. The number of amides is 1. The minimum Gasteiger partial charge on any atom is -0.356 e. The van der Waals surface area contributed by atoms with Gasteiger partial charge in [0.15, 0.2) is 0 Å². The van der Waals surface area contributed by atoms with Gasteiger partial charge in [0.25, 0.3) is 0 Å². The average Bonchev–Trinajstić information content (AvgIpc) is 3.36. The number of hydrogen-bond donors (Lipinski definition) is 1. The topological polar surface area (TPSA) is 64.6 Å². The van der Waals surface area contributed by atoms with Crippen molar-refractivity contribution >= 4 is 23.7 Å². The molecule has 0 aliphatic carbocycles. The SMILES string of the molecule is O=C(/C=C/c1ccccc1)N1CCCC(N2CCCCC(Nc3nccc(N4CCCCCC4)n3)C2)C1. The van der Waals surface area contributed by atoms with E-state index < -0.39 is 0 Å². The fraction of sp³-hybridized carbons (Fsp3) is 0.567. The Kier molecular flexibility index (Phi) is 9.06. The van der Waals surface area contributed by atoms with Crippen molar-refractivity contribution in [2.45, 2.75) is 69.9 Å². The van der Waals surface area contributed by atoms with Crippen molar-refractivity contribution in [1.29, 1.82) is 0 Å². The van der Waals surface area contributed by atoms with Gasteiger partial charge in [0.05, 0.1) is 0 Å². The van der Waals surface area contributed by atoms with Crippen molar-refractivity contribution in [3.63, 3.8) is 0 Å². The van der Waals surface area contributed by atoms with Crippen LogP contribution in [0.25, 0.3) is 6.08 Å². The molecule has 1 aromatic heterocycles. The number of piperidine rings is 1. The van der Waals surface area contributed by atoms with E-state index in [0.717, 1.165) is 75.9 Å². The predicted molar refractivity (Wildman–Crippen MR) is 151 cm³/mol. The van der Waals surface area contributed by atoms with E-state index in [1.807, 2.05) is 47.5 Å². The van der Waals surface area contributed by atoms with E-state index in [1.165, 1.54) is 38.5 Å². The summed E-state index contributed by atoms with van der Waals surface area (Å²) >= 11 is 0. The van der Waals surface area contributed by atoms with Crippen molar-refractivity contribution in [3.05, 3.63) is 54.2 Å². The van der Waals surface area contributed by atoms with E-state index in [2.05, 4.69) is 26.2 Å². The van der Waals surface area contributed by atoms with Gasteiger partial charge >= 0.3 is 0 Å². The van der Waals surface area contributed by atoms with Gasteiger partial charge in [-0.25, -0.2) is 4.98 Å². The third-order valence-corrected chi connectivity index (χ3v) is 8.05. The number of carbonyl (C=O) groups excluding carboxylic acids is 1. The Labute approximate surface area is 222 Å². The van der Waals surface area contributed by atoms with Crippen LogP contribution in [0.1, 0.15) is 63.4 Å². The van der Waals surface area contributed by atoms with E-state index in [1.54, 1.807) is 6.08 Å². The predicted octanol–water partition coefficient (Wildman–Crippen LogP) is 4.83. The summed E-state index contributed by atoms with van der Waals surface area (Å²) in [5, 5.41) is 3.68. The van der Waals surface area contributed by atoms with E-state index in [0.29, 0.717) is 12.1 Å².